The van der Waals surface area contributed by atoms with Gasteiger partial charge in [0.15, 0.2) is 18.4 Å². The Labute approximate surface area is 307 Å². The molecule has 4 saturated heterocycles. The van der Waals surface area contributed by atoms with Gasteiger partial charge in [0.05, 0.1) is 37.1 Å². The Morgan fingerprint density at radius 1 is 0.635 bits per heavy atom. The van der Waals surface area contributed by atoms with E-state index in [1.54, 1.807) is 13.8 Å². The molecule has 0 aromatic rings. The third kappa shape index (κ3) is 5.73. The van der Waals surface area contributed by atoms with E-state index in [1.807, 2.05) is 0 Å². The summed E-state index contributed by atoms with van der Waals surface area (Å²) in [7, 11) is 0. The van der Waals surface area contributed by atoms with Crippen LogP contribution in [-0.4, -0.2) is 134 Å². The van der Waals surface area contributed by atoms with Gasteiger partial charge in [-0.2, -0.15) is 0 Å². The van der Waals surface area contributed by atoms with Crippen LogP contribution in [0.25, 0.3) is 0 Å². The molecule has 298 valence electrons. The summed E-state index contributed by atoms with van der Waals surface area (Å²) in [5.41, 5.74) is -0.101. The molecule has 8 aliphatic rings. The lowest BCUT2D eigenvalue weighted by Crippen LogP contribution is -2.64. The summed E-state index contributed by atoms with van der Waals surface area (Å²) < 4.78 is 37.8. The van der Waals surface area contributed by atoms with Crippen LogP contribution in [0, 0.1) is 52.3 Å². The average Bonchev–Trinajstić information content (AvgIpc) is 3.55. The van der Waals surface area contributed by atoms with Crippen molar-refractivity contribution in [1.29, 1.82) is 0 Å². The second kappa shape index (κ2) is 13.6. The molecule has 1 spiro atoms. The fourth-order valence-electron chi connectivity index (χ4n) is 13.3. The minimum absolute atomic E-state index is 0.000313. The van der Waals surface area contributed by atoms with Crippen LogP contribution in [0.4, 0.5) is 0 Å². The summed E-state index contributed by atoms with van der Waals surface area (Å²) in [6.07, 6.45) is -7.28. The van der Waals surface area contributed by atoms with Crippen LogP contribution in [0.5, 0.6) is 0 Å². The number of aliphatic hydroxyl groups is 7. The van der Waals surface area contributed by atoms with Crippen molar-refractivity contribution in [2.45, 2.75) is 185 Å². The largest absolute Gasteiger partial charge is 0.393 e. The number of fused-ring (bicyclic) bond motifs is 7. The molecule has 13 heteroatoms. The summed E-state index contributed by atoms with van der Waals surface area (Å²) in [4.78, 5) is 0. The van der Waals surface area contributed by atoms with E-state index < -0.39 is 79.4 Å². The Hall–Kier alpha value is -0.520. The Balaban J connectivity index is 1.01. The summed E-state index contributed by atoms with van der Waals surface area (Å²) in [5, 5.41) is 76.0. The topological polar surface area (TPSA) is 197 Å². The van der Waals surface area contributed by atoms with E-state index >= 15 is 0 Å². The molecular formula is C39H64O13. The highest BCUT2D eigenvalue weighted by atomic mass is 16.7. The fourth-order valence-corrected chi connectivity index (χ4v) is 13.3. The smallest absolute Gasteiger partial charge is 0.197 e. The molecule has 13 nitrogen and oxygen atoms in total. The monoisotopic (exact) mass is 740 g/mol. The molecule has 3 unspecified atom stereocenters. The molecule has 0 amide bonds. The van der Waals surface area contributed by atoms with Gasteiger partial charge in [0, 0.05) is 5.92 Å². The van der Waals surface area contributed by atoms with E-state index in [1.165, 1.54) is 0 Å². The van der Waals surface area contributed by atoms with Crippen LogP contribution in [-0.2, 0) is 28.4 Å². The van der Waals surface area contributed by atoms with Crippen molar-refractivity contribution >= 4 is 0 Å². The predicted molar refractivity (Wildman–Crippen MR) is 183 cm³/mol. The van der Waals surface area contributed by atoms with Gasteiger partial charge in [-0.3, -0.25) is 0 Å². The first-order valence-electron chi connectivity index (χ1n) is 20.2. The van der Waals surface area contributed by atoms with Gasteiger partial charge in [-0.25, -0.2) is 0 Å². The fraction of sp³-hybridized carbons (Fsp3) is 1.00. The maximum Gasteiger partial charge on any atom is 0.197 e. The van der Waals surface area contributed by atoms with Crippen LogP contribution in [0.1, 0.15) is 92.9 Å². The van der Waals surface area contributed by atoms with E-state index in [2.05, 4.69) is 27.7 Å². The summed E-state index contributed by atoms with van der Waals surface area (Å²) in [6, 6.07) is 0. The molecule has 4 aliphatic carbocycles. The number of hydrogen-bond donors (Lipinski definition) is 7. The van der Waals surface area contributed by atoms with Crippen LogP contribution in [0.15, 0.2) is 0 Å². The number of hydrogen-bond acceptors (Lipinski definition) is 13. The number of rotatable bonds is 4. The Kier molecular flexibility index (Phi) is 10.0. The van der Waals surface area contributed by atoms with Crippen molar-refractivity contribution < 1.29 is 64.2 Å². The van der Waals surface area contributed by atoms with Crippen LogP contribution < -0.4 is 0 Å². The van der Waals surface area contributed by atoms with Gasteiger partial charge < -0.3 is 64.2 Å². The molecule has 4 heterocycles. The van der Waals surface area contributed by atoms with Crippen LogP contribution in [0.2, 0.25) is 0 Å². The molecule has 4 aliphatic heterocycles. The minimum Gasteiger partial charge on any atom is -0.393 e. The molecule has 24 atom stereocenters. The molecule has 7 N–H and O–H groups in total. The lowest BCUT2D eigenvalue weighted by Gasteiger charge is -2.63. The number of aliphatic hydroxyl groups excluding tert-OH is 7. The molecular weight excluding hydrogens is 676 g/mol. The Morgan fingerprint density at radius 3 is 2.04 bits per heavy atom. The lowest BCUT2D eigenvalue weighted by atomic mass is 9.43. The van der Waals surface area contributed by atoms with Crippen molar-refractivity contribution in [2.75, 3.05) is 6.61 Å². The molecule has 0 bridgehead atoms. The lowest BCUT2D eigenvalue weighted by molar-refractivity contribution is -0.361. The normalized spacial score (nSPS) is 61.9. The second-order valence-electron chi connectivity index (χ2n) is 18.9. The molecule has 8 fully saturated rings. The predicted octanol–water partition coefficient (Wildman–Crippen LogP) is 1.44. The zero-order valence-electron chi connectivity index (χ0n) is 31.6. The third-order valence-electron chi connectivity index (χ3n) is 16.1. The van der Waals surface area contributed by atoms with Crippen molar-refractivity contribution in [3.63, 3.8) is 0 Å². The third-order valence-corrected chi connectivity index (χ3v) is 16.1. The standard InChI is InChI=1S/C39H64O13/c1-16-11-27(41)39(47-15-16)17(2)28-26(52-39)14-23-21-13-25(24-12-20(40)7-9-37(24,5)22(21)8-10-38(23,28)6)50-35-33(46)31(44)34(19(4)49-35)51-36-32(45)30(43)29(42)18(3)48-36/h16-36,40-46H,7-15H2,1-6H3/t16-,17+,18-,19-,20+,21-,22+,23+,24?,25?,26+,27?,28+,29+,30-,31-,32+,33-,34-,35+,36+,37-,38+,39+/m1/s1. The molecule has 4 saturated carbocycles. The molecule has 8 rings (SSSR count). The Bertz CT molecular complexity index is 1310. The first-order chi connectivity index (χ1) is 24.5. The van der Waals surface area contributed by atoms with Gasteiger partial charge in [0.2, 0.25) is 0 Å². The van der Waals surface area contributed by atoms with Gasteiger partial charge >= 0.3 is 0 Å². The molecule has 0 radical (unpaired) electrons. The maximum absolute atomic E-state index is 11.5. The van der Waals surface area contributed by atoms with Crippen molar-refractivity contribution in [3.8, 4) is 0 Å². The van der Waals surface area contributed by atoms with Gasteiger partial charge in [-0.1, -0.05) is 27.7 Å². The van der Waals surface area contributed by atoms with Crippen LogP contribution >= 0.6 is 0 Å². The highest BCUT2D eigenvalue weighted by molar-refractivity contribution is 5.17. The SMILES string of the molecule is C[C@H]1CO[C@@]2(O[C@H]3C[C@H]4[C@@H]5CC(O[C@@H]6O[C@H](C)[C@@H](O[C@@H]7O[C@H](C)[C@H](O)[C@@H](O)[C@@H]7O)[C@H](O)[C@H]6O)C6C[C@@H](O)CC[C@]6(C)[C@H]5CC[C@]4(C)[C@H]3[C@@H]2C)C(O)C1. The van der Waals surface area contributed by atoms with E-state index in [-0.39, 0.29) is 40.8 Å². The average molecular weight is 741 g/mol. The zero-order valence-corrected chi connectivity index (χ0v) is 31.6. The van der Waals surface area contributed by atoms with Gasteiger partial charge in [0.25, 0.3) is 0 Å². The summed E-state index contributed by atoms with van der Waals surface area (Å²) in [5.74, 6) is 0.823. The zero-order chi connectivity index (χ0) is 37.2. The first-order valence-corrected chi connectivity index (χ1v) is 20.2. The van der Waals surface area contributed by atoms with Crippen molar-refractivity contribution in [3.05, 3.63) is 0 Å². The molecule has 52 heavy (non-hydrogen) atoms. The van der Waals surface area contributed by atoms with E-state index in [4.69, 9.17) is 28.4 Å². The highest BCUT2D eigenvalue weighted by Gasteiger charge is 2.71. The van der Waals surface area contributed by atoms with Crippen molar-refractivity contribution in [1.82, 2.24) is 0 Å². The maximum atomic E-state index is 11.5. The van der Waals surface area contributed by atoms with Gasteiger partial charge in [-0.05, 0) is 112 Å². The molecule has 0 aromatic carbocycles. The number of ether oxygens (including phenoxy) is 6. The van der Waals surface area contributed by atoms with E-state index in [0.717, 1.165) is 38.5 Å². The summed E-state index contributed by atoms with van der Waals surface area (Å²) >= 11 is 0. The quantitative estimate of drug-likeness (QED) is 0.205. The van der Waals surface area contributed by atoms with Crippen LogP contribution in [0.3, 0.4) is 0 Å². The van der Waals surface area contributed by atoms with Gasteiger partial charge in [0.1, 0.15) is 42.7 Å². The highest BCUT2D eigenvalue weighted by Crippen LogP contribution is 2.71. The van der Waals surface area contributed by atoms with E-state index in [0.29, 0.717) is 43.1 Å². The van der Waals surface area contributed by atoms with Crippen molar-refractivity contribution in [2.24, 2.45) is 52.3 Å². The van der Waals surface area contributed by atoms with Gasteiger partial charge in [-0.15, -0.1) is 0 Å². The molecule has 0 aromatic heterocycles. The second-order valence-corrected chi connectivity index (χ2v) is 18.9. The minimum atomic E-state index is -1.57. The Morgan fingerprint density at radius 2 is 1.31 bits per heavy atom. The summed E-state index contributed by atoms with van der Waals surface area (Å²) in [6.45, 7) is 13.0. The first kappa shape index (κ1) is 38.4. The van der Waals surface area contributed by atoms with E-state index in [9.17, 15) is 35.7 Å².